The van der Waals surface area contributed by atoms with Gasteiger partial charge >= 0.3 is 9.05 Å². The molecule has 5 heteroatoms. The van der Waals surface area contributed by atoms with Gasteiger partial charge in [-0.25, -0.2) is 0 Å². The van der Waals surface area contributed by atoms with Crippen molar-refractivity contribution < 1.29 is 13.2 Å². The van der Waals surface area contributed by atoms with Crippen LogP contribution >= 0.6 is 10.7 Å². The minimum atomic E-state index is -3.66. The second kappa shape index (κ2) is 4.13. The highest BCUT2D eigenvalue weighted by molar-refractivity contribution is 8.17. The number of rotatable bonds is 1. The molecule has 0 aromatic carbocycles. The molecule has 0 saturated carbocycles. The maximum Gasteiger partial charge on any atom is 0.300 e. The molecule has 3 nitrogen and oxygen atoms in total. The maximum atomic E-state index is 10.4. The SMILES string of the molecule is O=S(=O)(Cl)C#CCC1CCCO1. The summed E-state index contributed by atoms with van der Waals surface area (Å²) in [4.78, 5) is 0. The lowest BCUT2D eigenvalue weighted by Crippen LogP contribution is -2.02. The molecular weight excluding hydrogens is 200 g/mol. The van der Waals surface area contributed by atoms with Gasteiger partial charge in [0.2, 0.25) is 0 Å². The van der Waals surface area contributed by atoms with Gasteiger partial charge in [-0.15, -0.1) is 0 Å². The van der Waals surface area contributed by atoms with Crippen LogP contribution in [-0.2, 0) is 13.8 Å². The zero-order valence-corrected chi connectivity index (χ0v) is 7.99. The molecule has 68 valence electrons. The van der Waals surface area contributed by atoms with Gasteiger partial charge in [-0.3, -0.25) is 0 Å². The Balaban J connectivity index is 2.36. The third-order valence-electron chi connectivity index (χ3n) is 1.55. The standard InChI is InChI=1S/C7H9ClO3S/c8-12(9,10)6-2-4-7-3-1-5-11-7/h7H,1,3-5H2. The fourth-order valence-electron chi connectivity index (χ4n) is 1.05. The number of ether oxygens (including phenoxy) is 1. The van der Waals surface area contributed by atoms with Crippen molar-refractivity contribution >= 4 is 19.7 Å². The smallest absolute Gasteiger partial charge is 0.300 e. The lowest BCUT2D eigenvalue weighted by atomic mass is 10.2. The molecule has 12 heavy (non-hydrogen) atoms. The second-order valence-corrected chi connectivity index (χ2v) is 4.85. The van der Waals surface area contributed by atoms with Crippen LogP contribution < -0.4 is 0 Å². The van der Waals surface area contributed by atoms with E-state index < -0.39 is 9.05 Å². The summed E-state index contributed by atoms with van der Waals surface area (Å²) in [6, 6.07) is 0. The van der Waals surface area contributed by atoms with Crippen molar-refractivity contribution in [3.8, 4) is 11.2 Å². The van der Waals surface area contributed by atoms with E-state index in [4.69, 9.17) is 15.4 Å². The molecule has 0 amide bonds. The van der Waals surface area contributed by atoms with Crippen LogP contribution in [0.4, 0.5) is 0 Å². The molecule has 0 spiro atoms. The van der Waals surface area contributed by atoms with Gasteiger partial charge in [0.1, 0.15) is 0 Å². The molecule has 0 aromatic heterocycles. The van der Waals surface area contributed by atoms with Crippen LogP contribution in [0.15, 0.2) is 0 Å². The van der Waals surface area contributed by atoms with E-state index in [-0.39, 0.29) is 6.10 Å². The first-order valence-corrected chi connectivity index (χ1v) is 5.95. The Bertz CT molecular complexity index is 292. The van der Waals surface area contributed by atoms with E-state index in [1.165, 1.54) is 0 Å². The van der Waals surface area contributed by atoms with Crippen molar-refractivity contribution in [1.82, 2.24) is 0 Å². The molecule has 1 aliphatic rings. The molecule has 1 unspecified atom stereocenters. The summed E-state index contributed by atoms with van der Waals surface area (Å²) < 4.78 is 25.9. The fourth-order valence-corrected chi connectivity index (χ4v) is 1.47. The van der Waals surface area contributed by atoms with Crippen molar-refractivity contribution in [2.24, 2.45) is 0 Å². The first-order valence-electron chi connectivity index (χ1n) is 3.64. The Morgan fingerprint density at radius 2 is 2.33 bits per heavy atom. The summed E-state index contributed by atoms with van der Waals surface area (Å²) in [7, 11) is 1.22. The zero-order valence-electron chi connectivity index (χ0n) is 6.42. The Morgan fingerprint density at radius 3 is 2.83 bits per heavy atom. The normalized spacial score (nSPS) is 23.2. The molecule has 1 atom stereocenters. The molecule has 0 aromatic rings. The summed E-state index contributed by atoms with van der Waals surface area (Å²) >= 11 is 0. The molecule has 0 bridgehead atoms. The zero-order chi connectivity index (χ0) is 9.03. The van der Waals surface area contributed by atoms with E-state index in [1.807, 2.05) is 5.25 Å². The lowest BCUT2D eigenvalue weighted by molar-refractivity contribution is 0.115. The van der Waals surface area contributed by atoms with Gasteiger partial charge in [0.05, 0.1) is 6.10 Å². The van der Waals surface area contributed by atoms with Crippen LogP contribution in [0.3, 0.4) is 0 Å². The Labute approximate surface area is 76.5 Å². The monoisotopic (exact) mass is 208 g/mol. The van der Waals surface area contributed by atoms with Crippen LogP contribution in [0.5, 0.6) is 0 Å². The quantitative estimate of drug-likeness (QED) is 0.479. The number of hydrogen-bond acceptors (Lipinski definition) is 3. The van der Waals surface area contributed by atoms with E-state index in [0.29, 0.717) is 6.42 Å². The van der Waals surface area contributed by atoms with Crippen LogP contribution in [0.25, 0.3) is 0 Å². The highest BCUT2D eigenvalue weighted by Gasteiger charge is 2.13. The third-order valence-corrected chi connectivity index (χ3v) is 2.17. The molecule has 1 saturated heterocycles. The van der Waals surface area contributed by atoms with E-state index in [0.717, 1.165) is 19.4 Å². The fraction of sp³-hybridized carbons (Fsp3) is 0.714. The van der Waals surface area contributed by atoms with Gasteiger partial charge in [0.15, 0.2) is 0 Å². The lowest BCUT2D eigenvalue weighted by Gasteiger charge is -2.01. The Hall–Kier alpha value is -0.240. The highest BCUT2D eigenvalue weighted by atomic mass is 35.7. The largest absolute Gasteiger partial charge is 0.377 e. The minimum absolute atomic E-state index is 0.0934. The molecule has 1 rings (SSSR count). The van der Waals surface area contributed by atoms with E-state index in [2.05, 4.69) is 5.92 Å². The number of hydrogen-bond donors (Lipinski definition) is 0. The predicted octanol–water partition coefficient (Wildman–Crippen LogP) is 1.09. The van der Waals surface area contributed by atoms with Crippen LogP contribution in [0.2, 0.25) is 0 Å². The van der Waals surface area contributed by atoms with Crippen molar-refractivity contribution in [2.45, 2.75) is 25.4 Å². The van der Waals surface area contributed by atoms with Crippen molar-refractivity contribution in [1.29, 1.82) is 0 Å². The van der Waals surface area contributed by atoms with Crippen molar-refractivity contribution in [3.05, 3.63) is 0 Å². The second-order valence-electron chi connectivity index (χ2n) is 2.56. The summed E-state index contributed by atoms with van der Waals surface area (Å²) in [5.74, 6) is 2.47. The third kappa shape index (κ3) is 3.96. The average molecular weight is 209 g/mol. The molecule has 0 N–H and O–H groups in total. The topological polar surface area (TPSA) is 43.4 Å². The molecule has 1 heterocycles. The average Bonchev–Trinajstić information content (AvgIpc) is 2.36. The molecule has 0 radical (unpaired) electrons. The van der Waals surface area contributed by atoms with E-state index in [9.17, 15) is 8.42 Å². The molecule has 1 fully saturated rings. The van der Waals surface area contributed by atoms with Crippen molar-refractivity contribution in [3.63, 3.8) is 0 Å². The minimum Gasteiger partial charge on any atom is -0.377 e. The summed E-state index contributed by atoms with van der Waals surface area (Å²) in [6.45, 7) is 0.750. The van der Waals surface area contributed by atoms with Crippen LogP contribution in [0.1, 0.15) is 19.3 Å². The van der Waals surface area contributed by atoms with E-state index >= 15 is 0 Å². The molecule has 1 aliphatic heterocycles. The first-order chi connectivity index (χ1) is 5.58. The Morgan fingerprint density at radius 1 is 1.58 bits per heavy atom. The van der Waals surface area contributed by atoms with Crippen LogP contribution in [0, 0.1) is 11.2 Å². The molecule has 0 aliphatic carbocycles. The summed E-state index contributed by atoms with van der Waals surface area (Å²) in [5.41, 5.74) is 0. The maximum absolute atomic E-state index is 10.4. The predicted molar refractivity (Wildman–Crippen MR) is 46.1 cm³/mol. The first kappa shape index (κ1) is 9.85. The van der Waals surface area contributed by atoms with Crippen molar-refractivity contribution in [2.75, 3.05) is 6.61 Å². The van der Waals surface area contributed by atoms with Gasteiger partial charge in [0, 0.05) is 29.0 Å². The molecular formula is C7H9ClO3S. The Kier molecular flexibility index (Phi) is 3.39. The van der Waals surface area contributed by atoms with Gasteiger partial charge in [-0.1, -0.05) is 5.92 Å². The van der Waals surface area contributed by atoms with Gasteiger partial charge in [0.25, 0.3) is 0 Å². The summed E-state index contributed by atoms with van der Waals surface area (Å²) in [5, 5.41) is 1.96. The van der Waals surface area contributed by atoms with Gasteiger partial charge in [-0.2, -0.15) is 8.42 Å². The van der Waals surface area contributed by atoms with Gasteiger partial charge < -0.3 is 4.74 Å². The summed E-state index contributed by atoms with van der Waals surface area (Å²) in [6.07, 6.45) is 2.53. The highest BCUT2D eigenvalue weighted by Crippen LogP contribution is 2.14. The van der Waals surface area contributed by atoms with Crippen LogP contribution in [-0.4, -0.2) is 21.1 Å². The number of halogens is 1. The van der Waals surface area contributed by atoms with Gasteiger partial charge in [-0.05, 0) is 12.8 Å². The van der Waals surface area contributed by atoms with E-state index in [1.54, 1.807) is 0 Å².